The van der Waals surface area contributed by atoms with Crippen LogP contribution in [0.25, 0.3) is 22.0 Å². The first-order chi connectivity index (χ1) is 14.1. The Balaban J connectivity index is 1.74. The number of pyridine rings is 2. The molecule has 1 fully saturated rings. The molecule has 1 aliphatic carbocycles. The summed E-state index contributed by atoms with van der Waals surface area (Å²) in [5.74, 6) is 0.219. The van der Waals surface area contributed by atoms with E-state index in [9.17, 15) is 9.18 Å². The highest BCUT2D eigenvalue weighted by Gasteiger charge is 2.25. The molecule has 1 aromatic carbocycles. The molecule has 0 spiro atoms. The van der Waals surface area contributed by atoms with Crippen molar-refractivity contribution in [2.45, 2.75) is 32.2 Å². The van der Waals surface area contributed by atoms with Gasteiger partial charge in [-0.3, -0.25) is 9.78 Å². The molecule has 3 aromatic rings. The van der Waals surface area contributed by atoms with E-state index in [1.54, 1.807) is 19.3 Å². The van der Waals surface area contributed by atoms with Crippen LogP contribution in [0.3, 0.4) is 0 Å². The SMILES string of the molecule is CCCNc1ccc(-c2cc3c(NC)c(C(=O)NC4CC4)cnc3cc2F)cn1. The van der Waals surface area contributed by atoms with E-state index in [2.05, 4.69) is 32.8 Å². The fraction of sp³-hybridized carbons (Fsp3) is 0.318. The number of halogens is 1. The maximum Gasteiger partial charge on any atom is 0.255 e. The molecule has 0 saturated heterocycles. The van der Waals surface area contributed by atoms with Gasteiger partial charge in [-0.25, -0.2) is 9.37 Å². The molecule has 3 N–H and O–H groups in total. The van der Waals surface area contributed by atoms with Crippen LogP contribution in [-0.4, -0.2) is 35.5 Å². The average Bonchev–Trinajstić information content (AvgIpc) is 3.55. The number of hydrogen-bond donors (Lipinski definition) is 3. The van der Waals surface area contributed by atoms with Crippen molar-refractivity contribution < 1.29 is 9.18 Å². The predicted octanol–water partition coefficient (Wildman–Crippen LogP) is 4.19. The molecule has 2 aromatic heterocycles. The lowest BCUT2D eigenvalue weighted by molar-refractivity contribution is 0.0951. The fourth-order valence-electron chi connectivity index (χ4n) is 3.28. The first-order valence-corrected chi connectivity index (χ1v) is 9.92. The number of hydrogen-bond acceptors (Lipinski definition) is 5. The number of benzene rings is 1. The maximum atomic E-state index is 14.8. The first kappa shape index (κ1) is 19.1. The number of fused-ring (bicyclic) bond motifs is 1. The molecule has 0 aliphatic heterocycles. The number of anilines is 2. The second-order valence-electron chi connectivity index (χ2n) is 7.25. The van der Waals surface area contributed by atoms with Crippen molar-refractivity contribution in [1.82, 2.24) is 15.3 Å². The summed E-state index contributed by atoms with van der Waals surface area (Å²) < 4.78 is 14.8. The van der Waals surface area contributed by atoms with Gasteiger partial charge in [0, 0.05) is 54.6 Å². The number of carbonyl (C=O) groups excluding carboxylic acids is 1. The van der Waals surface area contributed by atoms with Crippen LogP contribution < -0.4 is 16.0 Å². The van der Waals surface area contributed by atoms with Gasteiger partial charge in [0.1, 0.15) is 11.6 Å². The Morgan fingerprint density at radius 3 is 2.69 bits per heavy atom. The molecule has 6 nitrogen and oxygen atoms in total. The van der Waals surface area contributed by atoms with Crippen molar-refractivity contribution in [3.63, 3.8) is 0 Å². The minimum absolute atomic E-state index is 0.162. The van der Waals surface area contributed by atoms with Gasteiger partial charge in [0.15, 0.2) is 0 Å². The number of carbonyl (C=O) groups is 1. The summed E-state index contributed by atoms with van der Waals surface area (Å²) in [6, 6.07) is 7.05. The number of aromatic nitrogens is 2. The molecule has 0 radical (unpaired) electrons. The van der Waals surface area contributed by atoms with E-state index in [0.717, 1.165) is 31.6 Å². The highest BCUT2D eigenvalue weighted by atomic mass is 19.1. The van der Waals surface area contributed by atoms with Gasteiger partial charge in [0.2, 0.25) is 0 Å². The highest BCUT2D eigenvalue weighted by molar-refractivity contribution is 6.08. The molecule has 4 rings (SSSR count). The molecule has 1 amide bonds. The van der Waals surface area contributed by atoms with E-state index in [4.69, 9.17) is 0 Å². The van der Waals surface area contributed by atoms with Crippen LogP contribution >= 0.6 is 0 Å². The third kappa shape index (κ3) is 3.99. The minimum Gasteiger partial charge on any atom is -0.387 e. The Hall–Kier alpha value is -3.22. The Bertz CT molecular complexity index is 1050. The quantitative estimate of drug-likeness (QED) is 0.561. The van der Waals surface area contributed by atoms with Gasteiger partial charge in [0.05, 0.1) is 16.8 Å². The Kier molecular flexibility index (Phi) is 5.29. The molecule has 150 valence electrons. The van der Waals surface area contributed by atoms with E-state index >= 15 is 0 Å². The first-order valence-electron chi connectivity index (χ1n) is 9.92. The van der Waals surface area contributed by atoms with Gasteiger partial charge >= 0.3 is 0 Å². The van der Waals surface area contributed by atoms with Gasteiger partial charge in [-0.2, -0.15) is 0 Å². The summed E-state index contributed by atoms with van der Waals surface area (Å²) >= 11 is 0. The molecule has 0 bridgehead atoms. The van der Waals surface area contributed by atoms with Gasteiger partial charge in [0.25, 0.3) is 5.91 Å². The fourth-order valence-corrected chi connectivity index (χ4v) is 3.28. The monoisotopic (exact) mass is 393 g/mol. The Labute approximate surface area is 168 Å². The van der Waals surface area contributed by atoms with E-state index in [0.29, 0.717) is 33.3 Å². The zero-order valence-electron chi connectivity index (χ0n) is 16.6. The molecule has 2 heterocycles. The molecule has 1 aliphatic rings. The number of nitrogens with one attached hydrogen (secondary N) is 3. The van der Waals surface area contributed by atoms with Crippen LogP contribution in [0.2, 0.25) is 0 Å². The number of rotatable bonds is 7. The Morgan fingerprint density at radius 1 is 1.21 bits per heavy atom. The summed E-state index contributed by atoms with van der Waals surface area (Å²) in [6.07, 6.45) is 6.17. The van der Waals surface area contributed by atoms with Crippen LogP contribution in [0, 0.1) is 5.82 Å². The van der Waals surface area contributed by atoms with Crippen LogP contribution in [0.15, 0.2) is 36.7 Å². The second-order valence-corrected chi connectivity index (χ2v) is 7.25. The lowest BCUT2D eigenvalue weighted by Gasteiger charge is -2.14. The molecular formula is C22H24FN5O. The van der Waals surface area contributed by atoms with Crippen LogP contribution in [-0.2, 0) is 0 Å². The summed E-state index contributed by atoms with van der Waals surface area (Å²) in [4.78, 5) is 21.3. The molecular weight excluding hydrogens is 369 g/mol. The zero-order chi connectivity index (χ0) is 20.4. The molecule has 29 heavy (non-hydrogen) atoms. The summed E-state index contributed by atoms with van der Waals surface area (Å²) in [6.45, 7) is 2.91. The van der Waals surface area contributed by atoms with Crippen molar-refractivity contribution >= 4 is 28.3 Å². The summed E-state index contributed by atoms with van der Waals surface area (Å²) in [5, 5.41) is 9.98. The lowest BCUT2D eigenvalue weighted by Crippen LogP contribution is -2.26. The minimum atomic E-state index is -0.377. The van der Waals surface area contributed by atoms with Gasteiger partial charge < -0.3 is 16.0 Å². The van der Waals surface area contributed by atoms with Crippen molar-refractivity contribution in [2.75, 3.05) is 24.2 Å². The average molecular weight is 393 g/mol. The summed E-state index contributed by atoms with van der Waals surface area (Å²) in [7, 11) is 1.75. The van der Waals surface area contributed by atoms with Gasteiger partial charge in [-0.15, -0.1) is 0 Å². The second kappa shape index (κ2) is 8.03. The summed E-state index contributed by atoms with van der Waals surface area (Å²) in [5.41, 5.74) is 2.68. The number of nitrogens with zero attached hydrogens (tertiary/aromatic N) is 2. The number of amides is 1. The normalized spacial score (nSPS) is 13.3. The smallest absolute Gasteiger partial charge is 0.255 e. The topological polar surface area (TPSA) is 78.9 Å². The predicted molar refractivity (Wildman–Crippen MR) is 114 cm³/mol. The highest BCUT2D eigenvalue weighted by Crippen LogP contribution is 2.33. The Morgan fingerprint density at radius 2 is 2.03 bits per heavy atom. The third-order valence-corrected chi connectivity index (χ3v) is 4.99. The van der Waals surface area contributed by atoms with Crippen LogP contribution in [0.5, 0.6) is 0 Å². The van der Waals surface area contributed by atoms with Gasteiger partial charge in [-0.05, 0) is 37.5 Å². The van der Waals surface area contributed by atoms with Crippen molar-refractivity contribution in [3.8, 4) is 11.1 Å². The molecule has 7 heteroatoms. The van der Waals surface area contributed by atoms with Crippen LogP contribution in [0.4, 0.5) is 15.9 Å². The zero-order valence-corrected chi connectivity index (χ0v) is 16.6. The van der Waals surface area contributed by atoms with Crippen molar-refractivity contribution in [3.05, 3.63) is 48.0 Å². The van der Waals surface area contributed by atoms with Crippen molar-refractivity contribution in [1.29, 1.82) is 0 Å². The lowest BCUT2D eigenvalue weighted by atomic mass is 10.0. The third-order valence-electron chi connectivity index (χ3n) is 4.99. The largest absolute Gasteiger partial charge is 0.387 e. The maximum absolute atomic E-state index is 14.8. The van der Waals surface area contributed by atoms with Crippen LogP contribution in [0.1, 0.15) is 36.5 Å². The van der Waals surface area contributed by atoms with E-state index in [1.807, 2.05) is 12.1 Å². The molecule has 1 saturated carbocycles. The van der Waals surface area contributed by atoms with Gasteiger partial charge in [-0.1, -0.05) is 6.92 Å². The molecule has 0 atom stereocenters. The molecule has 0 unspecified atom stereocenters. The van der Waals surface area contributed by atoms with E-state index in [-0.39, 0.29) is 17.8 Å². The van der Waals surface area contributed by atoms with E-state index in [1.165, 1.54) is 12.3 Å². The van der Waals surface area contributed by atoms with E-state index < -0.39 is 0 Å². The van der Waals surface area contributed by atoms with Crippen molar-refractivity contribution in [2.24, 2.45) is 0 Å². The standard InChI is InChI=1S/C22H24FN5O/c1-3-8-25-20-7-4-13(11-27-20)15-9-16-19(10-18(15)23)26-12-17(21(16)24-2)22(29)28-14-5-6-14/h4,7,9-12,14H,3,5-6,8H2,1-2H3,(H,24,26)(H,25,27)(H,28,29).